The molecule has 4 fully saturated rings. The van der Waals surface area contributed by atoms with Gasteiger partial charge in [0.05, 0.1) is 6.61 Å². The van der Waals surface area contributed by atoms with Crippen molar-refractivity contribution in [2.24, 2.45) is 17.8 Å². The first kappa shape index (κ1) is 25.7. The zero-order valence-electron chi connectivity index (χ0n) is 21.0. The van der Waals surface area contributed by atoms with Gasteiger partial charge in [0.15, 0.2) is 11.9 Å². The van der Waals surface area contributed by atoms with Crippen molar-refractivity contribution < 1.29 is 37.4 Å². The first-order chi connectivity index (χ1) is 17.4. The highest BCUT2D eigenvalue weighted by Crippen LogP contribution is 2.57. The molecule has 3 aliphatic heterocycles. The molecule has 8 nitrogen and oxygen atoms in total. The molecule has 6 rings (SSSR count). The summed E-state index contributed by atoms with van der Waals surface area (Å²) in [6, 6.07) is 17.8. The average Bonchev–Trinajstić information content (AvgIpc) is 3.05. The molecule has 0 amide bonds. The van der Waals surface area contributed by atoms with Crippen LogP contribution in [0.2, 0.25) is 0 Å². The third-order valence-corrected chi connectivity index (χ3v) is 9.19. The molecule has 1 saturated carbocycles. The maximum Gasteiger partial charge on any atom is 0.587 e. The number of rotatable bonds is 9. The zero-order valence-corrected chi connectivity index (χ0v) is 21.9. The highest BCUT2D eigenvalue weighted by Gasteiger charge is 2.65. The molecule has 0 N–H and O–H groups in total. The molecule has 196 valence electrons. The van der Waals surface area contributed by atoms with E-state index in [-0.39, 0.29) is 24.4 Å². The van der Waals surface area contributed by atoms with Crippen molar-refractivity contribution in [1.82, 2.24) is 0 Å². The number of phosphoric ester groups is 1. The number of methoxy groups -OCH3 is 1. The zero-order chi connectivity index (χ0) is 25.2. The highest BCUT2D eigenvalue weighted by molar-refractivity contribution is 7.49. The molecular weight excluding hydrogens is 483 g/mol. The summed E-state index contributed by atoms with van der Waals surface area (Å²) >= 11 is 0. The fourth-order valence-corrected chi connectivity index (χ4v) is 7.01. The molecule has 0 aromatic heterocycles. The van der Waals surface area contributed by atoms with Crippen LogP contribution in [-0.4, -0.2) is 31.4 Å². The Morgan fingerprint density at radius 1 is 0.972 bits per heavy atom. The summed E-state index contributed by atoms with van der Waals surface area (Å²) in [7, 11) is -2.33. The van der Waals surface area contributed by atoms with Crippen LogP contribution < -0.4 is 9.05 Å². The number of ether oxygens (including phenoxy) is 2. The van der Waals surface area contributed by atoms with Gasteiger partial charge in [0, 0.05) is 13.0 Å². The van der Waals surface area contributed by atoms with E-state index in [0.29, 0.717) is 17.9 Å². The van der Waals surface area contributed by atoms with Gasteiger partial charge >= 0.3 is 7.82 Å². The molecule has 3 heterocycles. The first-order valence-corrected chi connectivity index (χ1v) is 14.1. The van der Waals surface area contributed by atoms with E-state index < -0.39 is 25.5 Å². The van der Waals surface area contributed by atoms with E-state index in [9.17, 15) is 4.57 Å². The second kappa shape index (κ2) is 10.4. The van der Waals surface area contributed by atoms with Gasteiger partial charge in [-0.05, 0) is 68.7 Å². The van der Waals surface area contributed by atoms with Crippen LogP contribution in [0, 0.1) is 17.8 Å². The number of hydrogen-bond donors (Lipinski definition) is 0. The second-order valence-corrected chi connectivity index (χ2v) is 11.6. The minimum Gasteiger partial charge on any atom is -0.395 e. The van der Waals surface area contributed by atoms with Crippen molar-refractivity contribution in [2.75, 3.05) is 13.7 Å². The van der Waals surface area contributed by atoms with Gasteiger partial charge in [0.1, 0.15) is 11.5 Å². The van der Waals surface area contributed by atoms with Gasteiger partial charge in [0.25, 0.3) is 0 Å². The topological polar surface area (TPSA) is 81.7 Å². The Labute approximate surface area is 212 Å². The largest absolute Gasteiger partial charge is 0.587 e. The summed E-state index contributed by atoms with van der Waals surface area (Å²) in [4.78, 5) is 12.1. The predicted octanol–water partition coefficient (Wildman–Crippen LogP) is 6.52. The smallest absolute Gasteiger partial charge is 0.395 e. The summed E-state index contributed by atoms with van der Waals surface area (Å²) < 4.78 is 43.3. The van der Waals surface area contributed by atoms with E-state index in [2.05, 4.69) is 6.92 Å². The van der Waals surface area contributed by atoms with Gasteiger partial charge in [-0.15, -0.1) is 0 Å². The molecule has 1 spiro atoms. The SMILES string of the molecule is CO[C@H]1O[C@@]2(C)OO[C@]13[C@H](CCOP(=O)(Oc1ccccc1)Oc1ccccc1)CCC[C@@H]3C[C@@H]2C. The van der Waals surface area contributed by atoms with E-state index in [1.54, 1.807) is 55.6 Å². The van der Waals surface area contributed by atoms with Crippen LogP contribution in [-0.2, 0) is 28.3 Å². The van der Waals surface area contributed by atoms with Crippen LogP contribution in [0.5, 0.6) is 11.5 Å². The molecule has 2 bridgehead atoms. The van der Waals surface area contributed by atoms with Crippen LogP contribution in [0.25, 0.3) is 0 Å². The van der Waals surface area contributed by atoms with Gasteiger partial charge in [-0.25, -0.2) is 14.3 Å². The molecule has 36 heavy (non-hydrogen) atoms. The second-order valence-electron chi connectivity index (χ2n) is 10.1. The van der Waals surface area contributed by atoms with Gasteiger partial charge in [-0.1, -0.05) is 49.7 Å². The lowest BCUT2D eigenvalue weighted by Crippen LogP contribution is -2.63. The molecule has 9 heteroatoms. The molecule has 1 aliphatic carbocycles. The monoisotopic (exact) mass is 518 g/mol. The highest BCUT2D eigenvalue weighted by atomic mass is 31.2. The van der Waals surface area contributed by atoms with Crippen molar-refractivity contribution in [3.8, 4) is 11.5 Å². The molecule has 0 unspecified atom stereocenters. The molecule has 2 aromatic rings. The maximum absolute atomic E-state index is 13.7. The van der Waals surface area contributed by atoms with Crippen LogP contribution in [0.3, 0.4) is 0 Å². The van der Waals surface area contributed by atoms with Crippen LogP contribution in [0.15, 0.2) is 60.7 Å². The Bertz CT molecular complexity index is 1000. The number of phosphoric acid groups is 1. The number of benzene rings is 2. The lowest BCUT2D eigenvalue weighted by atomic mass is 9.65. The Morgan fingerprint density at radius 3 is 2.22 bits per heavy atom. The lowest BCUT2D eigenvalue weighted by Gasteiger charge is -2.53. The summed E-state index contributed by atoms with van der Waals surface area (Å²) in [6.07, 6.45) is 3.86. The Morgan fingerprint density at radius 2 is 1.61 bits per heavy atom. The van der Waals surface area contributed by atoms with Crippen LogP contribution in [0.1, 0.15) is 46.0 Å². The van der Waals surface area contributed by atoms with E-state index in [1.807, 2.05) is 19.1 Å². The van der Waals surface area contributed by atoms with E-state index in [4.69, 9.17) is 32.8 Å². The van der Waals surface area contributed by atoms with Crippen molar-refractivity contribution >= 4 is 7.82 Å². The number of para-hydroxylation sites is 2. The quantitative estimate of drug-likeness (QED) is 0.274. The molecule has 3 saturated heterocycles. The van der Waals surface area contributed by atoms with E-state index >= 15 is 0 Å². The van der Waals surface area contributed by atoms with Gasteiger partial charge in [-0.2, -0.15) is 0 Å². The molecule has 6 atom stereocenters. The molecule has 0 radical (unpaired) electrons. The van der Waals surface area contributed by atoms with Crippen molar-refractivity contribution in [3.63, 3.8) is 0 Å². The van der Waals surface area contributed by atoms with Crippen molar-refractivity contribution in [3.05, 3.63) is 60.7 Å². The normalized spacial score (nSPS) is 34.0. The molecule has 4 aliphatic rings. The Kier molecular flexibility index (Phi) is 7.46. The third-order valence-electron chi connectivity index (χ3n) is 7.83. The predicted molar refractivity (Wildman–Crippen MR) is 132 cm³/mol. The Hall–Kier alpha value is -1.93. The maximum atomic E-state index is 13.7. The fourth-order valence-electron chi connectivity index (χ4n) is 5.78. The van der Waals surface area contributed by atoms with Crippen molar-refractivity contribution in [1.29, 1.82) is 0 Å². The summed E-state index contributed by atoms with van der Waals surface area (Å²) in [5, 5.41) is 0. The standard InChI is InChI=1S/C27H35O8P/c1-20-19-22-12-10-11-21(27(22)25(29-3)31-26(20,2)34-35-27)17-18-30-36(28,32-23-13-6-4-7-14-23)33-24-15-8-5-9-16-24/h4-9,13-16,20-22,25H,10-12,17-19H2,1-3H3/t20-,21-,22+,25-,26-,27-/m0/s1. The van der Waals surface area contributed by atoms with E-state index in [1.165, 1.54) is 0 Å². The van der Waals surface area contributed by atoms with Crippen LogP contribution in [0.4, 0.5) is 0 Å². The summed E-state index contributed by atoms with van der Waals surface area (Å²) in [6.45, 7) is 4.18. The molecular formula is C27H35O8P. The fraction of sp³-hybridized carbons (Fsp3) is 0.556. The van der Waals surface area contributed by atoms with Crippen LogP contribution >= 0.6 is 7.82 Å². The minimum absolute atomic E-state index is 0.0120. The van der Waals surface area contributed by atoms with E-state index in [0.717, 1.165) is 25.7 Å². The number of fused-ring (bicyclic) bond motifs is 3. The summed E-state index contributed by atoms with van der Waals surface area (Å²) in [5.74, 6) is 0.334. The number of hydrogen-bond acceptors (Lipinski definition) is 8. The summed E-state index contributed by atoms with van der Waals surface area (Å²) in [5.41, 5.74) is -0.759. The van der Waals surface area contributed by atoms with Crippen molar-refractivity contribution in [2.45, 2.75) is 63.6 Å². The average molecular weight is 519 g/mol. The Balaban J connectivity index is 1.33. The van der Waals surface area contributed by atoms with Gasteiger partial charge in [0.2, 0.25) is 5.79 Å². The van der Waals surface area contributed by atoms with Gasteiger partial charge < -0.3 is 18.5 Å². The first-order valence-electron chi connectivity index (χ1n) is 12.7. The lowest BCUT2D eigenvalue weighted by molar-refractivity contribution is -0.560. The van der Waals surface area contributed by atoms with Gasteiger partial charge in [-0.3, -0.25) is 4.52 Å². The third kappa shape index (κ3) is 4.95. The minimum atomic E-state index is -3.97. The molecule has 2 aromatic carbocycles.